The van der Waals surface area contributed by atoms with Gasteiger partial charge in [0.15, 0.2) is 5.69 Å². The molecule has 1 saturated carbocycles. The predicted octanol–water partition coefficient (Wildman–Crippen LogP) is 2.11. The highest BCUT2D eigenvalue weighted by Gasteiger charge is 2.32. The Bertz CT molecular complexity index is 646. The fourth-order valence-corrected chi connectivity index (χ4v) is 4.78. The van der Waals surface area contributed by atoms with E-state index < -0.39 is 0 Å². The molecule has 1 unspecified atom stereocenters. The van der Waals surface area contributed by atoms with Crippen molar-refractivity contribution in [1.29, 1.82) is 0 Å². The van der Waals surface area contributed by atoms with Crippen LogP contribution in [0.2, 0.25) is 0 Å². The van der Waals surface area contributed by atoms with E-state index in [1.165, 1.54) is 24.1 Å². The molecule has 6 heteroatoms. The molecule has 1 N–H and O–H groups in total. The number of fused-ring (bicyclic) bond motifs is 1. The van der Waals surface area contributed by atoms with Crippen molar-refractivity contribution < 1.29 is 4.79 Å². The first-order valence-corrected chi connectivity index (χ1v) is 10.7. The van der Waals surface area contributed by atoms with E-state index in [9.17, 15) is 4.79 Å². The number of carbonyl (C=O) groups is 1. The average Bonchev–Trinajstić information content (AvgIpc) is 3.42. The highest BCUT2D eigenvalue weighted by atomic mass is 32.2. The van der Waals surface area contributed by atoms with Crippen LogP contribution >= 0.6 is 11.8 Å². The standard InChI is InChI=1S/C19H28N4OS/c1-2-7-23-17-6-5-15(20-13-14-3-4-14)12-16(17)18(21-23)19(24)22-8-10-25-11-9-22/h2,14-15,20H,1,3-13H2. The molecular weight excluding hydrogens is 332 g/mol. The average molecular weight is 361 g/mol. The van der Waals surface area contributed by atoms with Crippen LogP contribution in [0.3, 0.4) is 0 Å². The van der Waals surface area contributed by atoms with Gasteiger partial charge in [0.05, 0.1) is 6.54 Å². The number of hydrogen-bond acceptors (Lipinski definition) is 4. The van der Waals surface area contributed by atoms with Crippen LogP contribution in [0.25, 0.3) is 0 Å². The first-order chi connectivity index (χ1) is 12.3. The number of nitrogens with one attached hydrogen (secondary N) is 1. The number of rotatable bonds is 6. The molecule has 5 nitrogen and oxygen atoms in total. The van der Waals surface area contributed by atoms with Crippen LogP contribution in [0.4, 0.5) is 0 Å². The molecule has 1 saturated heterocycles. The minimum Gasteiger partial charge on any atom is -0.336 e. The van der Waals surface area contributed by atoms with Crippen molar-refractivity contribution in [3.63, 3.8) is 0 Å². The molecule has 1 atom stereocenters. The third-order valence-corrected chi connectivity index (χ3v) is 6.48. The van der Waals surface area contributed by atoms with Crippen molar-refractivity contribution in [3.05, 3.63) is 29.6 Å². The molecule has 136 valence electrons. The maximum absolute atomic E-state index is 13.1. The third kappa shape index (κ3) is 3.80. The van der Waals surface area contributed by atoms with E-state index in [2.05, 4.69) is 11.9 Å². The Kier molecular flexibility index (Phi) is 5.17. The largest absolute Gasteiger partial charge is 0.336 e. The van der Waals surface area contributed by atoms with E-state index in [0.717, 1.165) is 56.3 Å². The van der Waals surface area contributed by atoms with Crippen molar-refractivity contribution in [2.75, 3.05) is 31.1 Å². The van der Waals surface area contributed by atoms with Crippen LogP contribution in [0.5, 0.6) is 0 Å². The number of aromatic nitrogens is 2. The molecule has 2 fully saturated rings. The van der Waals surface area contributed by atoms with Crippen molar-refractivity contribution >= 4 is 17.7 Å². The van der Waals surface area contributed by atoms with Crippen LogP contribution < -0.4 is 5.32 Å². The van der Waals surface area contributed by atoms with Crippen molar-refractivity contribution in [2.45, 2.75) is 44.7 Å². The van der Waals surface area contributed by atoms with Crippen LogP contribution in [0.1, 0.15) is 41.0 Å². The van der Waals surface area contributed by atoms with Gasteiger partial charge in [-0.2, -0.15) is 16.9 Å². The lowest BCUT2D eigenvalue weighted by Gasteiger charge is -2.27. The van der Waals surface area contributed by atoms with Crippen LogP contribution in [-0.2, 0) is 19.4 Å². The summed E-state index contributed by atoms with van der Waals surface area (Å²) in [6.07, 6.45) is 7.69. The second-order valence-corrected chi connectivity index (χ2v) is 8.67. The quantitative estimate of drug-likeness (QED) is 0.790. The summed E-state index contributed by atoms with van der Waals surface area (Å²) in [4.78, 5) is 15.1. The van der Waals surface area contributed by atoms with Gasteiger partial charge < -0.3 is 10.2 Å². The van der Waals surface area contributed by atoms with E-state index in [0.29, 0.717) is 18.3 Å². The predicted molar refractivity (Wildman–Crippen MR) is 102 cm³/mol. The summed E-state index contributed by atoms with van der Waals surface area (Å²) >= 11 is 1.93. The molecule has 4 rings (SSSR count). The van der Waals surface area contributed by atoms with Gasteiger partial charge >= 0.3 is 0 Å². The fraction of sp³-hybridized carbons (Fsp3) is 0.684. The van der Waals surface area contributed by atoms with E-state index in [-0.39, 0.29) is 5.91 Å². The molecule has 2 heterocycles. The molecular formula is C19H28N4OS. The minimum atomic E-state index is 0.127. The Labute approximate surface area is 154 Å². The molecule has 1 aromatic heterocycles. The summed E-state index contributed by atoms with van der Waals surface area (Å²) in [5.41, 5.74) is 3.13. The van der Waals surface area contributed by atoms with Crippen LogP contribution in [0.15, 0.2) is 12.7 Å². The van der Waals surface area contributed by atoms with Gasteiger partial charge in [0, 0.05) is 41.9 Å². The zero-order valence-corrected chi connectivity index (χ0v) is 15.7. The SMILES string of the molecule is C=CCn1nc(C(=O)N2CCSCC2)c2c1CCC(NCC1CC1)C2. The molecule has 1 amide bonds. The molecule has 0 aromatic carbocycles. The Morgan fingerprint density at radius 1 is 1.32 bits per heavy atom. The third-order valence-electron chi connectivity index (χ3n) is 5.54. The van der Waals surface area contributed by atoms with Crippen molar-refractivity contribution in [2.24, 2.45) is 5.92 Å². The van der Waals surface area contributed by atoms with Gasteiger partial charge in [0.25, 0.3) is 5.91 Å². The Hall–Kier alpha value is -1.27. The van der Waals surface area contributed by atoms with Gasteiger partial charge in [-0.05, 0) is 44.6 Å². The summed E-state index contributed by atoms with van der Waals surface area (Å²) in [5.74, 6) is 3.08. The first kappa shape index (κ1) is 17.2. The van der Waals surface area contributed by atoms with E-state index in [1.54, 1.807) is 0 Å². The Balaban J connectivity index is 1.55. The molecule has 0 bridgehead atoms. The zero-order valence-electron chi connectivity index (χ0n) is 14.9. The zero-order chi connectivity index (χ0) is 17.2. The van der Waals surface area contributed by atoms with Gasteiger partial charge in [-0.1, -0.05) is 6.08 Å². The number of thioether (sulfide) groups is 1. The second-order valence-electron chi connectivity index (χ2n) is 7.44. The number of nitrogens with zero attached hydrogens (tertiary/aromatic N) is 3. The lowest BCUT2D eigenvalue weighted by atomic mass is 9.91. The molecule has 0 radical (unpaired) electrons. The minimum absolute atomic E-state index is 0.127. The van der Waals surface area contributed by atoms with Crippen LogP contribution in [0, 0.1) is 5.92 Å². The number of carbonyl (C=O) groups excluding carboxylic acids is 1. The summed E-state index contributed by atoms with van der Waals surface area (Å²) in [6, 6.07) is 0.484. The lowest BCUT2D eigenvalue weighted by Crippen LogP contribution is -2.40. The highest BCUT2D eigenvalue weighted by molar-refractivity contribution is 7.99. The van der Waals surface area contributed by atoms with Crippen LogP contribution in [-0.4, -0.2) is 57.8 Å². The Morgan fingerprint density at radius 2 is 2.12 bits per heavy atom. The topological polar surface area (TPSA) is 50.2 Å². The normalized spacial score (nSPS) is 23.4. The van der Waals surface area contributed by atoms with E-state index in [4.69, 9.17) is 5.10 Å². The van der Waals surface area contributed by atoms with Gasteiger partial charge in [-0.25, -0.2) is 0 Å². The van der Waals surface area contributed by atoms with Crippen molar-refractivity contribution in [1.82, 2.24) is 20.0 Å². The highest BCUT2D eigenvalue weighted by Crippen LogP contribution is 2.30. The number of amides is 1. The van der Waals surface area contributed by atoms with Crippen molar-refractivity contribution in [3.8, 4) is 0 Å². The van der Waals surface area contributed by atoms with E-state index >= 15 is 0 Å². The van der Waals surface area contributed by atoms with Gasteiger partial charge in [0.2, 0.25) is 0 Å². The maximum Gasteiger partial charge on any atom is 0.274 e. The smallest absolute Gasteiger partial charge is 0.274 e. The molecule has 0 spiro atoms. The molecule has 1 aromatic rings. The van der Waals surface area contributed by atoms with Gasteiger partial charge in [0.1, 0.15) is 0 Å². The van der Waals surface area contributed by atoms with Gasteiger partial charge in [-0.15, -0.1) is 6.58 Å². The molecule has 1 aliphatic heterocycles. The monoisotopic (exact) mass is 360 g/mol. The fourth-order valence-electron chi connectivity index (χ4n) is 3.88. The lowest BCUT2D eigenvalue weighted by molar-refractivity contribution is 0.0764. The number of hydrogen-bond donors (Lipinski definition) is 1. The first-order valence-electron chi connectivity index (χ1n) is 9.56. The number of allylic oxidation sites excluding steroid dienone is 1. The summed E-state index contributed by atoms with van der Waals surface area (Å²) < 4.78 is 2.01. The molecule has 3 aliphatic rings. The molecule has 2 aliphatic carbocycles. The Morgan fingerprint density at radius 3 is 2.84 bits per heavy atom. The summed E-state index contributed by atoms with van der Waals surface area (Å²) in [5, 5.41) is 8.44. The van der Waals surface area contributed by atoms with E-state index in [1.807, 2.05) is 27.4 Å². The maximum atomic E-state index is 13.1. The van der Waals surface area contributed by atoms with Gasteiger partial charge in [-0.3, -0.25) is 9.48 Å². The second kappa shape index (κ2) is 7.54. The summed E-state index contributed by atoms with van der Waals surface area (Å²) in [7, 11) is 0. The molecule has 25 heavy (non-hydrogen) atoms. The summed E-state index contributed by atoms with van der Waals surface area (Å²) in [6.45, 7) is 7.35.